The van der Waals surface area contributed by atoms with E-state index in [2.05, 4.69) is 19.1 Å². The third-order valence-electron chi connectivity index (χ3n) is 5.46. The van der Waals surface area contributed by atoms with Crippen molar-refractivity contribution >= 4 is 16.3 Å². The fourth-order valence-electron chi connectivity index (χ4n) is 4.53. The maximum atomic E-state index is 13.3. The van der Waals surface area contributed by atoms with Gasteiger partial charge in [-0.25, -0.2) is 4.39 Å². The molecule has 2 heteroatoms. The van der Waals surface area contributed by atoms with E-state index in [1.54, 1.807) is 6.07 Å². The summed E-state index contributed by atoms with van der Waals surface area (Å²) in [4.78, 5) is 0. The summed E-state index contributed by atoms with van der Waals surface area (Å²) in [7, 11) is 0. The van der Waals surface area contributed by atoms with Crippen LogP contribution in [0.15, 0.2) is 42.0 Å². The van der Waals surface area contributed by atoms with Crippen molar-refractivity contribution in [1.82, 2.24) is 0 Å². The van der Waals surface area contributed by atoms with Crippen molar-refractivity contribution in [3.8, 4) is 0 Å². The van der Waals surface area contributed by atoms with Crippen molar-refractivity contribution in [2.75, 3.05) is 0 Å². The van der Waals surface area contributed by atoms with Gasteiger partial charge in [-0.15, -0.1) is 0 Å². The number of allylic oxidation sites excluding steroid dienone is 1. The Labute approximate surface area is 131 Å². The van der Waals surface area contributed by atoms with Gasteiger partial charge in [0.05, 0.1) is 0 Å². The van der Waals surface area contributed by atoms with Crippen molar-refractivity contribution in [1.29, 1.82) is 0 Å². The quantitative estimate of drug-likeness (QED) is 0.838. The molecule has 3 unspecified atom stereocenters. The molecule has 2 N–H and O–H groups in total. The molecule has 0 saturated heterocycles. The van der Waals surface area contributed by atoms with E-state index in [0.29, 0.717) is 5.92 Å². The summed E-state index contributed by atoms with van der Waals surface area (Å²) in [6.45, 7) is 2.12. The largest absolute Gasteiger partial charge is 0.324 e. The van der Waals surface area contributed by atoms with Crippen LogP contribution < -0.4 is 5.73 Å². The third-order valence-corrected chi connectivity index (χ3v) is 5.46. The lowest BCUT2D eigenvalue weighted by atomic mass is 9.77. The van der Waals surface area contributed by atoms with Crippen LogP contribution in [0.1, 0.15) is 38.2 Å². The monoisotopic (exact) mass is 295 g/mol. The first kappa shape index (κ1) is 14.0. The Morgan fingerprint density at radius 2 is 1.86 bits per heavy atom. The molecule has 4 rings (SSSR count). The van der Waals surface area contributed by atoms with Gasteiger partial charge < -0.3 is 5.73 Å². The molecule has 114 valence electrons. The average molecular weight is 295 g/mol. The SMILES string of the molecule is CC(N)C1=C(c2ccc3cc(F)ccc3c2)CC2CCC1C2. The Kier molecular flexibility index (Phi) is 3.30. The summed E-state index contributed by atoms with van der Waals surface area (Å²) in [5.74, 6) is 1.33. The molecule has 3 atom stereocenters. The first-order chi connectivity index (χ1) is 10.6. The summed E-state index contributed by atoms with van der Waals surface area (Å²) in [6.07, 6.45) is 5.10. The minimum absolute atomic E-state index is 0.128. The van der Waals surface area contributed by atoms with Crippen molar-refractivity contribution < 1.29 is 4.39 Å². The van der Waals surface area contributed by atoms with Gasteiger partial charge in [0, 0.05) is 6.04 Å². The van der Waals surface area contributed by atoms with Crippen molar-refractivity contribution in [2.24, 2.45) is 17.6 Å². The Bertz CT molecular complexity index is 759. The Morgan fingerprint density at radius 1 is 1.09 bits per heavy atom. The van der Waals surface area contributed by atoms with Gasteiger partial charge in [-0.2, -0.15) is 0 Å². The van der Waals surface area contributed by atoms with Crippen molar-refractivity contribution in [3.63, 3.8) is 0 Å². The zero-order valence-electron chi connectivity index (χ0n) is 13.0. The van der Waals surface area contributed by atoms with Gasteiger partial charge in [-0.3, -0.25) is 0 Å². The zero-order chi connectivity index (χ0) is 15.3. The van der Waals surface area contributed by atoms with Crippen LogP contribution in [0, 0.1) is 17.7 Å². The highest BCUT2D eigenvalue weighted by atomic mass is 19.1. The second-order valence-electron chi connectivity index (χ2n) is 7.01. The Hall–Kier alpha value is -1.67. The van der Waals surface area contributed by atoms with E-state index in [-0.39, 0.29) is 11.9 Å². The van der Waals surface area contributed by atoms with Crippen LogP contribution in [0.25, 0.3) is 16.3 Å². The van der Waals surface area contributed by atoms with Gasteiger partial charge in [0.1, 0.15) is 5.82 Å². The summed E-state index contributed by atoms with van der Waals surface area (Å²) in [5.41, 5.74) is 10.5. The van der Waals surface area contributed by atoms with Gasteiger partial charge in [0.2, 0.25) is 0 Å². The van der Waals surface area contributed by atoms with E-state index < -0.39 is 0 Å². The molecule has 2 aromatic carbocycles. The molecular formula is C20H22FN. The summed E-state index contributed by atoms with van der Waals surface area (Å²) in [6, 6.07) is 11.5. The lowest BCUT2D eigenvalue weighted by Crippen LogP contribution is -2.26. The minimum atomic E-state index is -0.175. The van der Waals surface area contributed by atoms with E-state index in [4.69, 9.17) is 5.73 Å². The second-order valence-corrected chi connectivity index (χ2v) is 7.01. The van der Waals surface area contributed by atoms with Crippen molar-refractivity contribution in [3.05, 3.63) is 53.4 Å². The van der Waals surface area contributed by atoms with Crippen LogP contribution in [0.2, 0.25) is 0 Å². The fourth-order valence-corrected chi connectivity index (χ4v) is 4.53. The van der Waals surface area contributed by atoms with Crippen LogP contribution in [-0.2, 0) is 0 Å². The van der Waals surface area contributed by atoms with E-state index in [0.717, 1.165) is 23.1 Å². The fraction of sp³-hybridized carbons (Fsp3) is 0.400. The molecule has 0 spiro atoms. The van der Waals surface area contributed by atoms with Crippen LogP contribution >= 0.6 is 0 Å². The van der Waals surface area contributed by atoms with E-state index in [1.165, 1.54) is 42.0 Å². The molecule has 1 saturated carbocycles. The number of benzene rings is 2. The average Bonchev–Trinajstić information content (AvgIpc) is 2.87. The zero-order valence-corrected chi connectivity index (χ0v) is 13.0. The lowest BCUT2D eigenvalue weighted by Gasteiger charge is -2.29. The number of fused-ring (bicyclic) bond motifs is 3. The molecule has 1 nitrogen and oxygen atoms in total. The summed E-state index contributed by atoms with van der Waals surface area (Å²) < 4.78 is 13.3. The summed E-state index contributed by atoms with van der Waals surface area (Å²) in [5, 5.41) is 2.07. The molecule has 1 fully saturated rings. The number of hydrogen-bond donors (Lipinski definition) is 1. The topological polar surface area (TPSA) is 26.0 Å². The van der Waals surface area contributed by atoms with Gasteiger partial charge in [0.15, 0.2) is 0 Å². The van der Waals surface area contributed by atoms with Crippen molar-refractivity contribution in [2.45, 2.75) is 38.6 Å². The molecule has 0 heterocycles. The van der Waals surface area contributed by atoms with Gasteiger partial charge in [0.25, 0.3) is 0 Å². The number of hydrogen-bond acceptors (Lipinski definition) is 1. The Morgan fingerprint density at radius 3 is 2.68 bits per heavy atom. The van der Waals surface area contributed by atoms with Crippen LogP contribution in [0.4, 0.5) is 4.39 Å². The normalized spacial score (nSPS) is 25.8. The highest BCUT2D eigenvalue weighted by Crippen LogP contribution is 2.49. The first-order valence-corrected chi connectivity index (χ1v) is 8.30. The third kappa shape index (κ3) is 2.26. The number of rotatable bonds is 2. The lowest BCUT2D eigenvalue weighted by molar-refractivity contribution is 0.496. The molecule has 0 aromatic heterocycles. The van der Waals surface area contributed by atoms with E-state index in [9.17, 15) is 4.39 Å². The number of halogens is 1. The van der Waals surface area contributed by atoms with Crippen LogP contribution in [0.3, 0.4) is 0 Å². The van der Waals surface area contributed by atoms with Gasteiger partial charge in [-0.05, 0) is 90.1 Å². The Balaban J connectivity index is 1.85. The highest BCUT2D eigenvalue weighted by Gasteiger charge is 2.36. The maximum absolute atomic E-state index is 13.3. The molecule has 2 bridgehead atoms. The molecule has 2 aliphatic rings. The first-order valence-electron chi connectivity index (χ1n) is 8.30. The molecule has 0 aliphatic heterocycles. The predicted molar refractivity (Wildman–Crippen MR) is 89.9 cm³/mol. The van der Waals surface area contributed by atoms with Crippen LogP contribution in [-0.4, -0.2) is 6.04 Å². The van der Waals surface area contributed by atoms with Gasteiger partial charge >= 0.3 is 0 Å². The predicted octanol–water partition coefficient (Wildman–Crippen LogP) is 4.90. The molecule has 2 aromatic rings. The highest BCUT2D eigenvalue weighted by molar-refractivity contribution is 5.87. The summed E-state index contributed by atoms with van der Waals surface area (Å²) >= 11 is 0. The molecule has 0 radical (unpaired) electrons. The molecule has 2 aliphatic carbocycles. The minimum Gasteiger partial charge on any atom is -0.324 e. The molecule has 0 amide bonds. The second kappa shape index (κ2) is 5.20. The molecule has 22 heavy (non-hydrogen) atoms. The molecular weight excluding hydrogens is 273 g/mol. The maximum Gasteiger partial charge on any atom is 0.123 e. The standard InChI is InChI=1S/C20H22FN/c1-12(22)20-17-3-2-13(8-17)9-19(20)16-5-4-15-11-18(21)7-6-14(15)10-16/h4-7,10-13,17H,2-3,8-9,22H2,1H3. The van der Waals surface area contributed by atoms with Crippen LogP contribution in [0.5, 0.6) is 0 Å². The number of nitrogens with two attached hydrogens (primary N) is 1. The van der Waals surface area contributed by atoms with E-state index >= 15 is 0 Å². The van der Waals surface area contributed by atoms with E-state index in [1.807, 2.05) is 12.1 Å². The van der Waals surface area contributed by atoms with Gasteiger partial charge in [-0.1, -0.05) is 18.2 Å². The smallest absolute Gasteiger partial charge is 0.123 e.